The van der Waals surface area contributed by atoms with Crippen molar-refractivity contribution < 1.29 is 14.3 Å². The molecule has 0 radical (unpaired) electrons. The molecule has 1 aliphatic heterocycles. The molecule has 0 unspecified atom stereocenters. The minimum atomic E-state index is -0.405. The molecule has 1 heterocycles. The van der Waals surface area contributed by atoms with Gasteiger partial charge in [-0.3, -0.25) is 9.59 Å². The van der Waals surface area contributed by atoms with Gasteiger partial charge in [-0.15, -0.1) is 0 Å². The highest BCUT2D eigenvalue weighted by Crippen LogP contribution is 2.55. The Balaban J connectivity index is 2.11. The molecule has 0 amide bonds. The van der Waals surface area contributed by atoms with E-state index in [9.17, 15) is 9.59 Å². The predicted molar refractivity (Wildman–Crippen MR) is 43.8 cm³/mol. The fraction of sp³-hybridized carbons (Fsp3) is 0.800. The van der Waals surface area contributed by atoms with Gasteiger partial charge in [0.05, 0.1) is 0 Å². The van der Waals surface area contributed by atoms with Crippen molar-refractivity contribution in [2.24, 2.45) is 17.8 Å². The average molecular weight is 180 g/mol. The van der Waals surface area contributed by atoms with E-state index in [1.54, 1.807) is 0 Å². The van der Waals surface area contributed by atoms with E-state index >= 15 is 0 Å². The molecule has 13 heavy (non-hydrogen) atoms. The number of carbonyl (C=O) groups is 2. The number of Topliss-reactive ketones (excluding diaryl/α,β-unsaturated/α-hetero) is 1. The normalized spacial score (nSPS) is 52.5. The van der Waals surface area contributed by atoms with Crippen LogP contribution in [-0.4, -0.2) is 17.4 Å². The van der Waals surface area contributed by atoms with Gasteiger partial charge in [0.2, 0.25) is 0 Å². The quantitative estimate of drug-likeness (QED) is 0.411. The standard InChI is InChI=1S/C10H12O3/c1-10-3-2-5-4-6(10)7(8(5)11)9(12)13-10/h5-7H,2-4H2,1H3/t5-,6+,7+,10+/m1/s1. The van der Waals surface area contributed by atoms with E-state index in [1.807, 2.05) is 6.92 Å². The maximum absolute atomic E-state index is 11.7. The molecule has 70 valence electrons. The van der Waals surface area contributed by atoms with Crippen LogP contribution in [0.4, 0.5) is 0 Å². The minimum Gasteiger partial charge on any atom is -0.458 e. The third-order valence-corrected chi connectivity index (χ3v) is 4.01. The average Bonchev–Trinajstić information content (AvgIpc) is 2.48. The maximum Gasteiger partial charge on any atom is 0.317 e. The van der Waals surface area contributed by atoms with E-state index in [-0.39, 0.29) is 29.2 Å². The number of esters is 1. The minimum absolute atomic E-state index is 0.149. The van der Waals surface area contributed by atoms with E-state index < -0.39 is 5.92 Å². The molecule has 2 aliphatic carbocycles. The van der Waals surface area contributed by atoms with E-state index in [2.05, 4.69) is 0 Å². The van der Waals surface area contributed by atoms with Gasteiger partial charge < -0.3 is 4.74 Å². The SMILES string of the molecule is C[C@]12CC[C@@H]3C[C@H]1[C@H](C(=O)O2)C3=O. The lowest BCUT2D eigenvalue weighted by atomic mass is 9.77. The molecule has 3 fully saturated rings. The van der Waals surface area contributed by atoms with Gasteiger partial charge in [-0.2, -0.15) is 0 Å². The van der Waals surface area contributed by atoms with E-state index in [0.29, 0.717) is 0 Å². The zero-order valence-corrected chi connectivity index (χ0v) is 7.58. The van der Waals surface area contributed by atoms with Gasteiger partial charge in [0.15, 0.2) is 5.78 Å². The van der Waals surface area contributed by atoms with Gasteiger partial charge in [0.1, 0.15) is 11.5 Å². The zero-order chi connectivity index (χ0) is 9.22. The zero-order valence-electron chi connectivity index (χ0n) is 7.58. The summed E-state index contributed by atoms with van der Waals surface area (Å²) >= 11 is 0. The summed E-state index contributed by atoms with van der Waals surface area (Å²) in [5.74, 6) is -0.171. The largest absolute Gasteiger partial charge is 0.458 e. The summed E-state index contributed by atoms with van der Waals surface area (Å²) in [7, 11) is 0. The Bertz CT molecular complexity index is 309. The van der Waals surface area contributed by atoms with E-state index in [1.165, 1.54) is 0 Å². The fourth-order valence-corrected chi connectivity index (χ4v) is 3.22. The van der Waals surface area contributed by atoms with Gasteiger partial charge >= 0.3 is 5.97 Å². The first-order valence-electron chi connectivity index (χ1n) is 4.88. The van der Waals surface area contributed by atoms with Crippen molar-refractivity contribution in [3.05, 3.63) is 0 Å². The molecule has 0 aromatic rings. The fourth-order valence-electron chi connectivity index (χ4n) is 3.22. The molecule has 3 heteroatoms. The molecule has 2 bridgehead atoms. The van der Waals surface area contributed by atoms with Crippen molar-refractivity contribution in [1.82, 2.24) is 0 Å². The second kappa shape index (κ2) is 1.97. The summed E-state index contributed by atoms with van der Waals surface area (Å²) in [5.41, 5.74) is -0.315. The Kier molecular flexibility index (Phi) is 1.14. The van der Waals surface area contributed by atoms with Crippen LogP contribution in [0.15, 0.2) is 0 Å². The molecule has 0 aromatic carbocycles. The van der Waals surface area contributed by atoms with Gasteiger partial charge in [-0.1, -0.05) is 0 Å². The second-order valence-electron chi connectivity index (χ2n) is 4.69. The van der Waals surface area contributed by atoms with Gasteiger partial charge in [0, 0.05) is 11.8 Å². The summed E-state index contributed by atoms with van der Waals surface area (Å²) in [6, 6.07) is 0. The number of rotatable bonds is 0. The molecule has 4 atom stereocenters. The second-order valence-corrected chi connectivity index (χ2v) is 4.69. The number of fused-ring (bicyclic) bond motifs is 1. The number of carbonyl (C=O) groups excluding carboxylic acids is 2. The first-order valence-corrected chi connectivity index (χ1v) is 4.88. The number of hydrogen-bond acceptors (Lipinski definition) is 3. The Morgan fingerprint density at radius 2 is 2.23 bits per heavy atom. The first-order chi connectivity index (χ1) is 6.12. The number of ketones is 1. The summed E-state index contributed by atoms with van der Waals surface area (Å²) in [6.45, 7) is 1.98. The van der Waals surface area contributed by atoms with Crippen molar-refractivity contribution in [3.8, 4) is 0 Å². The third-order valence-electron chi connectivity index (χ3n) is 4.01. The third kappa shape index (κ3) is 0.713. The Morgan fingerprint density at radius 1 is 1.46 bits per heavy atom. The van der Waals surface area contributed by atoms with Gasteiger partial charge in [-0.05, 0) is 26.2 Å². The topological polar surface area (TPSA) is 43.4 Å². The molecule has 1 saturated heterocycles. The predicted octanol–water partition coefficient (Wildman–Crippen LogP) is 0.917. The van der Waals surface area contributed by atoms with Crippen LogP contribution in [0.2, 0.25) is 0 Å². The Labute approximate surface area is 76.4 Å². The Morgan fingerprint density at radius 3 is 3.00 bits per heavy atom. The maximum atomic E-state index is 11.7. The van der Waals surface area contributed by atoms with Crippen LogP contribution in [0.1, 0.15) is 26.2 Å². The van der Waals surface area contributed by atoms with Crippen LogP contribution < -0.4 is 0 Å². The number of hydrogen-bond donors (Lipinski definition) is 0. The molecule has 0 aromatic heterocycles. The highest BCUT2D eigenvalue weighted by molar-refractivity contribution is 6.04. The van der Waals surface area contributed by atoms with Crippen LogP contribution >= 0.6 is 0 Å². The van der Waals surface area contributed by atoms with Crippen molar-refractivity contribution in [2.75, 3.05) is 0 Å². The van der Waals surface area contributed by atoms with Crippen molar-refractivity contribution in [1.29, 1.82) is 0 Å². The molecule has 2 saturated carbocycles. The van der Waals surface area contributed by atoms with E-state index in [4.69, 9.17) is 4.74 Å². The highest BCUT2D eigenvalue weighted by atomic mass is 16.6. The van der Waals surface area contributed by atoms with Crippen LogP contribution in [0.5, 0.6) is 0 Å². The van der Waals surface area contributed by atoms with Crippen molar-refractivity contribution in [2.45, 2.75) is 31.8 Å². The summed E-state index contributed by atoms with van der Waals surface area (Å²) in [4.78, 5) is 23.1. The van der Waals surface area contributed by atoms with Crippen molar-refractivity contribution >= 4 is 11.8 Å². The van der Waals surface area contributed by atoms with Crippen LogP contribution in [0, 0.1) is 17.8 Å². The molecule has 0 spiro atoms. The lowest BCUT2D eigenvalue weighted by Gasteiger charge is -2.33. The van der Waals surface area contributed by atoms with Crippen LogP contribution in [-0.2, 0) is 14.3 Å². The molecular formula is C10H12O3. The van der Waals surface area contributed by atoms with E-state index in [0.717, 1.165) is 19.3 Å². The monoisotopic (exact) mass is 180 g/mol. The van der Waals surface area contributed by atoms with Crippen LogP contribution in [0.3, 0.4) is 0 Å². The molecule has 3 aliphatic rings. The summed E-state index contributed by atoms with van der Waals surface area (Å²) < 4.78 is 5.31. The smallest absolute Gasteiger partial charge is 0.317 e. The van der Waals surface area contributed by atoms with Gasteiger partial charge in [-0.25, -0.2) is 0 Å². The Hall–Kier alpha value is -0.860. The lowest BCUT2D eigenvalue weighted by molar-refractivity contribution is -0.155. The highest BCUT2D eigenvalue weighted by Gasteiger charge is 2.63. The summed E-state index contributed by atoms with van der Waals surface area (Å²) in [6.07, 6.45) is 2.66. The molecule has 0 N–H and O–H groups in total. The number of ether oxygens (including phenoxy) is 1. The first kappa shape index (κ1) is 7.54. The molecule has 3 nitrogen and oxygen atoms in total. The summed E-state index contributed by atoms with van der Waals surface area (Å²) in [5, 5.41) is 0. The van der Waals surface area contributed by atoms with Crippen molar-refractivity contribution in [3.63, 3.8) is 0 Å². The van der Waals surface area contributed by atoms with Crippen LogP contribution in [0.25, 0.3) is 0 Å². The van der Waals surface area contributed by atoms with Gasteiger partial charge in [0.25, 0.3) is 0 Å². The molecular weight excluding hydrogens is 168 g/mol. The molecule has 3 rings (SSSR count). The lowest BCUT2D eigenvalue weighted by Crippen LogP contribution is -2.35.